The van der Waals surface area contributed by atoms with Gasteiger partial charge in [0.2, 0.25) is 0 Å². The highest BCUT2D eigenvalue weighted by Gasteiger charge is 2.22. The molecule has 1 atom stereocenters. The van der Waals surface area contributed by atoms with E-state index in [-0.39, 0.29) is 6.04 Å². The average Bonchev–Trinajstić information content (AvgIpc) is 2.47. The van der Waals surface area contributed by atoms with Gasteiger partial charge in [0, 0.05) is 12.1 Å². The number of hydrogen-bond acceptors (Lipinski definition) is 1. The molecule has 3 rings (SSSR count). The van der Waals surface area contributed by atoms with Crippen LogP contribution in [-0.4, -0.2) is 18.5 Å². The number of nitrogens with zero attached hydrogens (tertiary/aromatic N) is 1. The zero-order valence-electron chi connectivity index (χ0n) is 11.1. The normalized spacial score (nSPS) is 18.3. The highest BCUT2D eigenvalue weighted by atomic mass is 15.1. The van der Waals surface area contributed by atoms with Crippen molar-refractivity contribution >= 4 is 0 Å². The van der Waals surface area contributed by atoms with E-state index in [1.807, 2.05) is 18.2 Å². The van der Waals surface area contributed by atoms with Crippen molar-refractivity contribution in [3.8, 4) is 11.8 Å². The summed E-state index contributed by atoms with van der Waals surface area (Å²) in [5, 5.41) is 0. The van der Waals surface area contributed by atoms with Gasteiger partial charge in [-0.25, -0.2) is 0 Å². The molecule has 0 saturated heterocycles. The van der Waals surface area contributed by atoms with E-state index >= 15 is 0 Å². The van der Waals surface area contributed by atoms with Crippen LogP contribution in [0.2, 0.25) is 0 Å². The van der Waals surface area contributed by atoms with Gasteiger partial charge in [-0.05, 0) is 36.7 Å². The minimum absolute atomic E-state index is 0.213. The van der Waals surface area contributed by atoms with Crippen LogP contribution in [0.15, 0.2) is 54.6 Å². The van der Waals surface area contributed by atoms with Crippen LogP contribution >= 0.6 is 0 Å². The lowest BCUT2D eigenvalue weighted by Gasteiger charge is -2.31. The molecule has 2 aromatic rings. The van der Waals surface area contributed by atoms with E-state index in [1.54, 1.807) is 0 Å². The van der Waals surface area contributed by atoms with Crippen LogP contribution in [0.25, 0.3) is 0 Å². The van der Waals surface area contributed by atoms with E-state index in [9.17, 15) is 0 Å². The first kappa shape index (κ1) is 12.0. The van der Waals surface area contributed by atoms with Gasteiger partial charge in [-0.15, -0.1) is 0 Å². The highest BCUT2D eigenvalue weighted by molar-refractivity contribution is 5.41. The summed E-state index contributed by atoms with van der Waals surface area (Å²) in [6.07, 6.45) is 1.12. The van der Waals surface area contributed by atoms with Crippen LogP contribution in [0.4, 0.5) is 0 Å². The fourth-order valence-corrected chi connectivity index (χ4v) is 2.55. The monoisotopic (exact) mass is 247 g/mol. The lowest BCUT2D eigenvalue weighted by atomic mass is 9.93. The number of likely N-dealkylation sites (N-methyl/N-ethyl adjacent to an activating group) is 1. The van der Waals surface area contributed by atoms with Crippen molar-refractivity contribution < 1.29 is 0 Å². The van der Waals surface area contributed by atoms with E-state index < -0.39 is 0 Å². The number of hydrogen-bond donors (Lipinski definition) is 0. The Morgan fingerprint density at radius 2 is 1.74 bits per heavy atom. The lowest BCUT2D eigenvalue weighted by molar-refractivity contribution is 0.279. The molecular weight excluding hydrogens is 230 g/mol. The van der Waals surface area contributed by atoms with Gasteiger partial charge in [-0.1, -0.05) is 54.3 Å². The summed E-state index contributed by atoms with van der Waals surface area (Å²) in [5.41, 5.74) is 3.88. The molecule has 1 heteroatoms. The van der Waals surface area contributed by atoms with Gasteiger partial charge in [-0.2, -0.15) is 0 Å². The molecule has 0 saturated carbocycles. The Hall–Kier alpha value is -2.04. The molecule has 1 heterocycles. The molecule has 0 amide bonds. The minimum atomic E-state index is 0.213. The second-order valence-corrected chi connectivity index (χ2v) is 4.97. The van der Waals surface area contributed by atoms with Gasteiger partial charge in [0.25, 0.3) is 0 Å². The van der Waals surface area contributed by atoms with Crippen molar-refractivity contribution in [1.82, 2.24) is 4.90 Å². The topological polar surface area (TPSA) is 3.24 Å². The Balaban J connectivity index is 1.95. The zero-order chi connectivity index (χ0) is 13.1. The smallest absolute Gasteiger partial charge is 0.0974 e. The molecule has 0 aromatic heterocycles. The molecule has 1 aliphatic heterocycles. The Morgan fingerprint density at radius 3 is 2.58 bits per heavy atom. The number of rotatable bonds is 0. The fraction of sp³-hybridized carbons (Fsp3) is 0.222. The maximum absolute atomic E-state index is 3.42. The maximum Gasteiger partial charge on any atom is 0.0974 e. The van der Waals surface area contributed by atoms with Crippen molar-refractivity contribution in [2.24, 2.45) is 0 Å². The SMILES string of the molecule is CN1CCc2ccccc2[C@@H]1C#Cc1ccccc1. The van der Waals surface area contributed by atoms with E-state index in [1.165, 1.54) is 11.1 Å². The van der Waals surface area contributed by atoms with Crippen LogP contribution < -0.4 is 0 Å². The van der Waals surface area contributed by atoms with E-state index in [0.29, 0.717) is 0 Å². The summed E-state index contributed by atoms with van der Waals surface area (Å²) in [6.45, 7) is 1.07. The largest absolute Gasteiger partial charge is 0.289 e. The van der Waals surface area contributed by atoms with Crippen LogP contribution in [0, 0.1) is 11.8 Å². The Morgan fingerprint density at radius 1 is 1.00 bits per heavy atom. The van der Waals surface area contributed by atoms with Gasteiger partial charge < -0.3 is 0 Å². The molecule has 0 radical (unpaired) electrons. The predicted molar refractivity (Wildman–Crippen MR) is 78.8 cm³/mol. The second kappa shape index (κ2) is 5.30. The summed E-state index contributed by atoms with van der Waals surface area (Å²) in [6, 6.07) is 19.1. The molecule has 1 aliphatic rings. The Labute approximate surface area is 114 Å². The third-order valence-electron chi connectivity index (χ3n) is 3.65. The lowest BCUT2D eigenvalue weighted by Crippen LogP contribution is -2.31. The van der Waals surface area contributed by atoms with Crippen molar-refractivity contribution in [3.05, 3.63) is 71.3 Å². The molecule has 0 fully saturated rings. The maximum atomic E-state index is 3.42. The third kappa shape index (κ3) is 2.54. The van der Waals surface area contributed by atoms with Crippen molar-refractivity contribution in [3.63, 3.8) is 0 Å². The summed E-state index contributed by atoms with van der Waals surface area (Å²) in [4.78, 5) is 2.33. The van der Waals surface area contributed by atoms with E-state index in [2.05, 4.69) is 60.2 Å². The summed E-state index contributed by atoms with van der Waals surface area (Å²) in [7, 11) is 2.15. The fourth-order valence-electron chi connectivity index (χ4n) is 2.55. The first-order chi connectivity index (χ1) is 9.34. The van der Waals surface area contributed by atoms with Crippen molar-refractivity contribution in [2.75, 3.05) is 13.6 Å². The minimum Gasteiger partial charge on any atom is -0.289 e. The molecular formula is C18H17N. The van der Waals surface area contributed by atoms with Crippen LogP contribution in [0.3, 0.4) is 0 Å². The molecule has 0 spiro atoms. The summed E-state index contributed by atoms with van der Waals surface area (Å²) < 4.78 is 0. The van der Waals surface area contributed by atoms with Gasteiger partial charge in [-0.3, -0.25) is 4.90 Å². The van der Waals surface area contributed by atoms with Gasteiger partial charge in [0.1, 0.15) is 0 Å². The predicted octanol–water partition coefficient (Wildman–Crippen LogP) is 3.27. The van der Waals surface area contributed by atoms with Crippen LogP contribution in [-0.2, 0) is 6.42 Å². The molecule has 0 aliphatic carbocycles. The second-order valence-electron chi connectivity index (χ2n) is 4.97. The number of benzene rings is 2. The number of fused-ring (bicyclic) bond motifs is 1. The van der Waals surface area contributed by atoms with E-state index in [0.717, 1.165) is 18.5 Å². The van der Waals surface area contributed by atoms with Crippen LogP contribution in [0.1, 0.15) is 22.7 Å². The Bertz CT molecular complexity index is 619. The molecule has 19 heavy (non-hydrogen) atoms. The van der Waals surface area contributed by atoms with E-state index in [4.69, 9.17) is 0 Å². The van der Waals surface area contributed by atoms with Gasteiger partial charge >= 0.3 is 0 Å². The first-order valence-corrected chi connectivity index (χ1v) is 6.69. The highest BCUT2D eigenvalue weighted by Crippen LogP contribution is 2.27. The van der Waals surface area contributed by atoms with Crippen molar-refractivity contribution in [1.29, 1.82) is 0 Å². The average molecular weight is 247 g/mol. The first-order valence-electron chi connectivity index (χ1n) is 6.69. The quantitative estimate of drug-likeness (QED) is 0.646. The molecule has 94 valence electrons. The van der Waals surface area contributed by atoms with Crippen molar-refractivity contribution in [2.45, 2.75) is 12.5 Å². The van der Waals surface area contributed by atoms with Gasteiger partial charge in [0.05, 0.1) is 6.04 Å². The summed E-state index contributed by atoms with van der Waals surface area (Å²) >= 11 is 0. The van der Waals surface area contributed by atoms with Gasteiger partial charge in [0.15, 0.2) is 0 Å². The standard InChI is InChI=1S/C18H17N/c1-19-14-13-16-9-5-6-10-17(16)18(19)12-11-15-7-3-2-4-8-15/h2-10,18H,13-14H2,1H3/t18-/m0/s1. The molecule has 0 N–H and O–H groups in total. The summed E-state index contributed by atoms with van der Waals surface area (Å²) in [5.74, 6) is 6.71. The van der Waals surface area contributed by atoms with Crippen LogP contribution in [0.5, 0.6) is 0 Å². The molecule has 0 unspecified atom stereocenters. The molecule has 0 bridgehead atoms. The third-order valence-corrected chi connectivity index (χ3v) is 3.65. The zero-order valence-corrected chi connectivity index (χ0v) is 11.1. The molecule has 1 nitrogen and oxygen atoms in total. The molecule has 2 aromatic carbocycles. The Kier molecular flexibility index (Phi) is 3.35.